The van der Waals surface area contributed by atoms with Gasteiger partial charge in [0, 0.05) is 22.6 Å². The summed E-state index contributed by atoms with van der Waals surface area (Å²) in [5, 5.41) is 10.6. The van der Waals surface area contributed by atoms with Crippen LogP contribution in [0.4, 0.5) is 5.69 Å². The molecule has 0 saturated carbocycles. The summed E-state index contributed by atoms with van der Waals surface area (Å²) >= 11 is 1.44. The topological polar surface area (TPSA) is 60.2 Å². The number of nitrogens with zero attached hydrogens (tertiary/aromatic N) is 1. The number of hydrogen-bond acceptors (Lipinski definition) is 4. The zero-order chi connectivity index (χ0) is 15.0. The van der Waals surface area contributed by atoms with Gasteiger partial charge in [0.1, 0.15) is 0 Å². The molecule has 0 N–H and O–H groups in total. The summed E-state index contributed by atoms with van der Waals surface area (Å²) in [5.41, 5.74) is 2.61. The number of allylic oxidation sites excluding steroid dienone is 1. The van der Waals surface area contributed by atoms with E-state index in [0.29, 0.717) is 4.91 Å². The van der Waals surface area contributed by atoms with E-state index in [4.69, 9.17) is 0 Å². The maximum Gasteiger partial charge on any atom is 0.269 e. The quantitative estimate of drug-likeness (QED) is 0.473. The van der Waals surface area contributed by atoms with Gasteiger partial charge in [0.2, 0.25) is 5.78 Å². The smallest absolute Gasteiger partial charge is 0.269 e. The molecule has 0 radical (unpaired) electrons. The molecule has 0 atom stereocenters. The molecule has 4 nitrogen and oxygen atoms in total. The van der Waals surface area contributed by atoms with E-state index in [1.165, 1.54) is 23.9 Å². The van der Waals surface area contributed by atoms with Crippen molar-refractivity contribution >= 4 is 29.3 Å². The van der Waals surface area contributed by atoms with Crippen molar-refractivity contribution < 1.29 is 9.72 Å². The molecule has 0 spiro atoms. The van der Waals surface area contributed by atoms with E-state index < -0.39 is 4.92 Å². The maximum atomic E-state index is 12.3. The van der Waals surface area contributed by atoms with Crippen LogP contribution in [0.15, 0.2) is 52.3 Å². The highest BCUT2D eigenvalue weighted by Gasteiger charge is 2.25. The van der Waals surface area contributed by atoms with E-state index in [-0.39, 0.29) is 11.5 Å². The number of hydrogen-bond donors (Lipinski definition) is 0. The van der Waals surface area contributed by atoms with Crippen LogP contribution in [0.2, 0.25) is 0 Å². The van der Waals surface area contributed by atoms with Crippen molar-refractivity contribution in [2.24, 2.45) is 0 Å². The second kappa shape index (κ2) is 5.18. The van der Waals surface area contributed by atoms with Gasteiger partial charge in [-0.15, -0.1) is 0 Å². The predicted molar refractivity (Wildman–Crippen MR) is 82.4 cm³/mol. The molecule has 21 heavy (non-hydrogen) atoms. The highest BCUT2D eigenvalue weighted by Crippen LogP contribution is 2.41. The minimum Gasteiger partial charge on any atom is -0.288 e. The van der Waals surface area contributed by atoms with Crippen LogP contribution in [-0.2, 0) is 0 Å². The van der Waals surface area contributed by atoms with Crippen LogP contribution in [0.5, 0.6) is 0 Å². The molecule has 3 rings (SSSR count). The fraction of sp³-hybridized carbons (Fsp3) is 0.0625. The molecule has 1 aliphatic rings. The molecule has 0 aliphatic carbocycles. The number of nitro benzene ring substituents is 1. The highest BCUT2D eigenvalue weighted by atomic mass is 32.2. The maximum absolute atomic E-state index is 12.3. The average molecular weight is 297 g/mol. The van der Waals surface area contributed by atoms with Crippen molar-refractivity contribution in [2.45, 2.75) is 11.8 Å². The molecule has 1 aliphatic heterocycles. The van der Waals surface area contributed by atoms with Gasteiger partial charge in [-0.05, 0) is 42.8 Å². The minimum atomic E-state index is -0.439. The fourth-order valence-electron chi connectivity index (χ4n) is 2.15. The van der Waals surface area contributed by atoms with E-state index in [0.717, 1.165) is 21.6 Å². The van der Waals surface area contributed by atoms with Crippen molar-refractivity contribution in [3.63, 3.8) is 0 Å². The zero-order valence-corrected chi connectivity index (χ0v) is 12.0. The standard InChI is InChI=1S/C16H11NO3S/c1-10-2-7-14-13(8-10)16(18)15(21-14)9-11-3-5-12(6-4-11)17(19)20/h2-9H,1H3/b15-9-. The first-order valence-electron chi connectivity index (χ1n) is 6.34. The van der Waals surface area contributed by atoms with Gasteiger partial charge >= 0.3 is 0 Å². The number of rotatable bonds is 2. The molecule has 1 heterocycles. The van der Waals surface area contributed by atoms with Gasteiger partial charge in [-0.2, -0.15) is 0 Å². The molecule has 0 amide bonds. The first-order valence-corrected chi connectivity index (χ1v) is 7.15. The molecule has 0 saturated heterocycles. The first-order chi connectivity index (χ1) is 10.0. The number of carbonyl (C=O) groups is 1. The summed E-state index contributed by atoms with van der Waals surface area (Å²) in [5.74, 6) is 0.0112. The lowest BCUT2D eigenvalue weighted by molar-refractivity contribution is -0.384. The van der Waals surface area contributed by atoms with Gasteiger partial charge in [0.15, 0.2) is 0 Å². The Labute approximate surface area is 125 Å². The Hall–Kier alpha value is -2.40. The normalized spacial score (nSPS) is 15.3. The third kappa shape index (κ3) is 2.60. The van der Waals surface area contributed by atoms with Gasteiger partial charge in [0.05, 0.1) is 9.83 Å². The molecule has 2 aromatic rings. The number of carbonyl (C=O) groups excluding carboxylic acids is 1. The van der Waals surface area contributed by atoms with Crippen molar-refractivity contribution in [2.75, 3.05) is 0 Å². The van der Waals surface area contributed by atoms with Gasteiger partial charge < -0.3 is 0 Å². The van der Waals surface area contributed by atoms with E-state index in [9.17, 15) is 14.9 Å². The molecular formula is C16H11NO3S. The highest BCUT2D eigenvalue weighted by molar-refractivity contribution is 8.04. The largest absolute Gasteiger partial charge is 0.288 e. The molecule has 0 fully saturated rings. The Morgan fingerprint density at radius 3 is 2.52 bits per heavy atom. The number of aryl methyl sites for hydroxylation is 1. The van der Waals surface area contributed by atoms with E-state index in [1.807, 2.05) is 25.1 Å². The second-order valence-corrected chi connectivity index (χ2v) is 5.87. The molecular weight excluding hydrogens is 286 g/mol. The van der Waals surface area contributed by atoms with Gasteiger partial charge in [0.25, 0.3) is 5.69 Å². The predicted octanol–water partition coefficient (Wildman–Crippen LogP) is 4.23. The molecule has 104 valence electrons. The third-order valence-electron chi connectivity index (χ3n) is 3.23. The number of Topliss-reactive ketones (excluding diaryl/α,β-unsaturated/α-hetero) is 1. The van der Waals surface area contributed by atoms with Gasteiger partial charge in [-0.3, -0.25) is 14.9 Å². The van der Waals surface area contributed by atoms with Crippen LogP contribution < -0.4 is 0 Å². The van der Waals surface area contributed by atoms with Crippen LogP contribution in [0.3, 0.4) is 0 Å². The SMILES string of the molecule is Cc1ccc2c(c1)C(=O)/C(=C/c1ccc([N+](=O)[O-])cc1)S2. The van der Waals surface area contributed by atoms with E-state index >= 15 is 0 Å². The number of fused-ring (bicyclic) bond motifs is 1. The Balaban J connectivity index is 1.92. The van der Waals surface area contributed by atoms with Crippen molar-refractivity contribution in [1.29, 1.82) is 0 Å². The van der Waals surface area contributed by atoms with Crippen molar-refractivity contribution in [3.8, 4) is 0 Å². The summed E-state index contributed by atoms with van der Waals surface area (Å²) in [6.07, 6.45) is 1.77. The monoisotopic (exact) mass is 297 g/mol. The summed E-state index contributed by atoms with van der Waals surface area (Å²) in [6.45, 7) is 1.95. The van der Waals surface area contributed by atoms with Crippen LogP contribution in [0, 0.1) is 17.0 Å². The second-order valence-electron chi connectivity index (χ2n) is 4.79. The first kappa shape index (κ1) is 13.6. The lowest BCUT2D eigenvalue weighted by atomic mass is 10.1. The number of thioether (sulfide) groups is 1. The molecule has 2 aromatic carbocycles. The number of ketones is 1. The lowest BCUT2D eigenvalue weighted by Crippen LogP contribution is -1.94. The Kier molecular flexibility index (Phi) is 3.35. The number of non-ortho nitro benzene ring substituents is 1. The average Bonchev–Trinajstić information content (AvgIpc) is 2.76. The van der Waals surface area contributed by atoms with E-state index in [1.54, 1.807) is 18.2 Å². The minimum absolute atomic E-state index is 0.0112. The lowest BCUT2D eigenvalue weighted by Gasteiger charge is -1.96. The Bertz CT molecular complexity index is 779. The van der Waals surface area contributed by atoms with Crippen LogP contribution in [0.1, 0.15) is 21.5 Å². The summed E-state index contributed by atoms with van der Waals surface area (Å²) in [7, 11) is 0. The number of benzene rings is 2. The zero-order valence-electron chi connectivity index (χ0n) is 11.2. The Morgan fingerprint density at radius 2 is 1.86 bits per heavy atom. The fourth-order valence-corrected chi connectivity index (χ4v) is 3.18. The van der Waals surface area contributed by atoms with Crippen LogP contribution in [-0.4, -0.2) is 10.7 Å². The van der Waals surface area contributed by atoms with Gasteiger partial charge in [-0.25, -0.2) is 0 Å². The molecule has 0 unspecified atom stereocenters. The van der Waals surface area contributed by atoms with Crippen LogP contribution in [0.25, 0.3) is 6.08 Å². The van der Waals surface area contributed by atoms with E-state index in [2.05, 4.69) is 0 Å². The summed E-state index contributed by atoms with van der Waals surface area (Å²) in [4.78, 5) is 24.1. The third-order valence-corrected chi connectivity index (χ3v) is 4.32. The van der Waals surface area contributed by atoms with Crippen LogP contribution >= 0.6 is 11.8 Å². The van der Waals surface area contributed by atoms with Crippen molar-refractivity contribution in [3.05, 3.63) is 74.2 Å². The van der Waals surface area contributed by atoms with Crippen molar-refractivity contribution in [1.82, 2.24) is 0 Å². The number of nitro groups is 1. The summed E-state index contributed by atoms with van der Waals surface area (Å²) in [6, 6.07) is 12.0. The van der Waals surface area contributed by atoms with Gasteiger partial charge in [-0.1, -0.05) is 23.4 Å². The molecule has 0 aromatic heterocycles. The molecule has 5 heteroatoms. The Morgan fingerprint density at radius 1 is 1.14 bits per heavy atom. The molecule has 0 bridgehead atoms. The summed E-state index contributed by atoms with van der Waals surface area (Å²) < 4.78 is 0.